The van der Waals surface area contributed by atoms with Crippen LogP contribution >= 0.6 is 11.8 Å². The van der Waals surface area contributed by atoms with E-state index in [0.717, 1.165) is 21.8 Å². The summed E-state index contributed by atoms with van der Waals surface area (Å²) in [6.45, 7) is 5.81. The summed E-state index contributed by atoms with van der Waals surface area (Å²) in [6, 6.07) is 11.8. The molecule has 1 amide bonds. The minimum atomic E-state index is -3.84. The molecule has 0 saturated carbocycles. The second kappa shape index (κ2) is 9.22. The summed E-state index contributed by atoms with van der Waals surface area (Å²) >= 11 is 1.50. The van der Waals surface area contributed by atoms with Crippen LogP contribution in [0.3, 0.4) is 0 Å². The maximum absolute atomic E-state index is 12.9. The molecule has 0 unspecified atom stereocenters. The molecule has 11 heteroatoms. The van der Waals surface area contributed by atoms with Crippen LogP contribution in [0.5, 0.6) is 0 Å². The van der Waals surface area contributed by atoms with Crippen molar-refractivity contribution in [2.24, 2.45) is 5.14 Å². The predicted octanol–water partition coefficient (Wildman–Crippen LogP) is 3.77. The van der Waals surface area contributed by atoms with Crippen molar-refractivity contribution in [3.63, 3.8) is 0 Å². The van der Waals surface area contributed by atoms with Gasteiger partial charge >= 0.3 is 0 Å². The molecule has 0 atom stereocenters. The highest BCUT2D eigenvalue weighted by molar-refractivity contribution is 8.01. The van der Waals surface area contributed by atoms with Crippen LogP contribution in [-0.4, -0.2) is 35.6 Å². The number of terminal acetylenes is 1. The van der Waals surface area contributed by atoms with Crippen molar-refractivity contribution >= 4 is 56.5 Å². The first-order valence-electron chi connectivity index (χ1n) is 10.6. The zero-order chi connectivity index (χ0) is 25.4. The van der Waals surface area contributed by atoms with Crippen molar-refractivity contribution in [1.82, 2.24) is 9.97 Å². The van der Waals surface area contributed by atoms with E-state index in [1.54, 1.807) is 23.2 Å². The number of amides is 1. The van der Waals surface area contributed by atoms with E-state index >= 15 is 0 Å². The molecule has 0 saturated heterocycles. The second-order valence-electron chi connectivity index (χ2n) is 8.44. The molecule has 35 heavy (non-hydrogen) atoms. The number of carbonyl (C=O) groups is 1. The van der Waals surface area contributed by atoms with Crippen LogP contribution in [0.4, 0.5) is 28.8 Å². The Morgan fingerprint density at radius 1 is 1.17 bits per heavy atom. The normalized spacial score (nSPS) is 14.7. The highest BCUT2D eigenvalue weighted by Crippen LogP contribution is 2.46. The Labute approximate surface area is 208 Å². The van der Waals surface area contributed by atoms with Crippen molar-refractivity contribution < 1.29 is 13.2 Å². The van der Waals surface area contributed by atoms with Crippen LogP contribution in [0.1, 0.15) is 19.4 Å². The fraction of sp³-hybridized carbons (Fsp3) is 0.208. The largest absolute Gasteiger partial charge is 0.340 e. The highest BCUT2D eigenvalue weighted by atomic mass is 32.2. The number of nitrogens with one attached hydrogen (secondary N) is 2. The molecule has 2 aromatic carbocycles. The van der Waals surface area contributed by atoms with E-state index in [4.69, 9.17) is 11.6 Å². The first-order chi connectivity index (χ1) is 16.5. The zero-order valence-electron chi connectivity index (χ0n) is 19.4. The third kappa shape index (κ3) is 5.24. The summed E-state index contributed by atoms with van der Waals surface area (Å²) in [6.07, 6.45) is 7.18. The number of fused-ring (bicyclic) bond motifs is 1. The Kier molecular flexibility index (Phi) is 6.46. The van der Waals surface area contributed by atoms with Gasteiger partial charge in [-0.25, -0.2) is 18.5 Å². The molecule has 4 rings (SSSR count). The van der Waals surface area contributed by atoms with E-state index in [2.05, 4.69) is 26.5 Å². The maximum atomic E-state index is 12.9. The van der Waals surface area contributed by atoms with Crippen LogP contribution in [-0.2, 0) is 14.8 Å². The van der Waals surface area contributed by atoms with Gasteiger partial charge in [0.25, 0.3) is 0 Å². The van der Waals surface area contributed by atoms with Crippen molar-refractivity contribution in [2.45, 2.75) is 35.3 Å². The Morgan fingerprint density at radius 3 is 2.63 bits per heavy atom. The molecule has 0 radical (unpaired) electrons. The molecular weight excluding hydrogens is 484 g/mol. The number of primary sulfonamides is 1. The third-order valence-corrected chi connectivity index (χ3v) is 7.44. The van der Waals surface area contributed by atoms with Gasteiger partial charge in [0.2, 0.25) is 21.9 Å². The van der Waals surface area contributed by atoms with Crippen LogP contribution in [0.2, 0.25) is 0 Å². The lowest BCUT2D eigenvalue weighted by atomic mass is 10.1. The number of anilines is 5. The summed E-state index contributed by atoms with van der Waals surface area (Å²) in [5, 5.41) is 11.5. The molecule has 0 bridgehead atoms. The van der Waals surface area contributed by atoms with Gasteiger partial charge in [-0.3, -0.25) is 9.69 Å². The van der Waals surface area contributed by atoms with Gasteiger partial charge in [0.05, 0.1) is 21.9 Å². The molecule has 9 nitrogen and oxygen atoms in total. The monoisotopic (exact) mass is 508 g/mol. The Bertz CT molecular complexity index is 1460. The van der Waals surface area contributed by atoms with Crippen LogP contribution in [0, 0.1) is 19.3 Å². The summed E-state index contributed by atoms with van der Waals surface area (Å²) in [7, 11) is -3.84. The van der Waals surface area contributed by atoms with Gasteiger partial charge in [0.15, 0.2) is 0 Å². The van der Waals surface area contributed by atoms with Gasteiger partial charge < -0.3 is 10.6 Å². The average Bonchev–Trinajstić information content (AvgIpc) is 2.79. The van der Waals surface area contributed by atoms with Gasteiger partial charge in [-0.1, -0.05) is 12.0 Å². The molecule has 0 aliphatic carbocycles. The van der Waals surface area contributed by atoms with Gasteiger partial charge in [-0.2, -0.15) is 4.98 Å². The number of sulfonamides is 1. The zero-order valence-corrected chi connectivity index (χ0v) is 21.0. The average molecular weight is 509 g/mol. The van der Waals surface area contributed by atoms with E-state index < -0.39 is 14.8 Å². The van der Waals surface area contributed by atoms with Crippen molar-refractivity contribution in [3.05, 3.63) is 54.2 Å². The topological polar surface area (TPSA) is 130 Å². The summed E-state index contributed by atoms with van der Waals surface area (Å²) in [5.74, 6) is 3.34. The number of thioether (sulfide) groups is 1. The molecule has 0 spiro atoms. The fourth-order valence-electron chi connectivity index (χ4n) is 3.54. The molecule has 1 aliphatic rings. The van der Waals surface area contributed by atoms with E-state index in [0.29, 0.717) is 11.5 Å². The second-order valence-corrected chi connectivity index (χ2v) is 11.7. The minimum absolute atomic E-state index is 0.0193. The van der Waals surface area contributed by atoms with Crippen LogP contribution < -0.4 is 20.7 Å². The minimum Gasteiger partial charge on any atom is -0.340 e. The van der Waals surface area contributed by atoms with Gasteiger partial charge in [0.1, 0.15) is 5.82 Å². The van der Waals surface area contributed by atoms with Crippen molar-refractivity contribution in [2.75, 3.05) is 22.1 Å². The number of nitrogens with zero attached hydrogens (tertiary/aromatic N) is 3. The number of rotatable bonds is 6. The van der Waals surface area contributed by atoms with Crippen molar-refractivity contribution in [3.8, 4) is 12.3 Å². The third-order valence-electron chi connectivity index (χ3n) is 5.28. The maximum Gasteiger partial charge on any atom is 0.243 e. The molecule has 180 valence electrons. The Morgan fingerprint density at radius 2 is 1.91 bits per heavy atom. The van der Waals surface area contributed by atoms with Crippen LogP contribution in [0.15, 0.2) is 58.5 Å². The first kappa shape index (κ1) is 24.5. The molecule has 2 heterocycles. The smallest absolute Gasteiger partial charge is 0.243 e. The van der Waals surface area contributed by atoms with Gasteiger partial charge in [-0.05, 0) is 57.2 Å². The van der Waals surface area contributed by atoms with E-state index in [-0.39, 0.29) is 23.3 Å². The number of aryl methyl sites for hydroxylation is 1. The molecule has 1 aliphatic heterocycles. The Balaban J connectivity index is 1.62. The standard InChI is InChI=1S/C24H24N6O3S2/c1-5-11-30-19-13-17(9-10-20(19)34-24(3,4)22(30)31)27-21-15(2)14-26-23(29-21)28-16-7-6-8-18(12-16)35(25,32)33/h1,6-10,12-14H,11H2,2-4H3,(H2,25,32,33)(H2,26,27,28,29). The molecule has 3 aromatic rings. The summed E-state index contributed by atoms with van der Waals surface area (Å²) in [5.41, 5.74) is 2.73. The van der Waals surface area contributed by atoms with E-state index in [9.17, 15) is 13.2 Å². The van der Waals surface area contributed by atoms with Crippen molar-refractivity contribution in [1.29, 1.82) is 0 Å². The number of hydrogen-bond donors (Lipinski definition) is 3. The van der Waals surface area contributed by atoms with Gasteiger partial charge in [0, 0.05) is 28.0 Å². The molecular formula is C24H24N6O3S2. The quantitative estimate of drug-likeness (QED) is 0.429. The fourth-order valence-corrected chi connectivity index (χ4v) is 5.26. The molecule has 4 N–H and O–H groups in total. The number of hydrogen-bond acceptors (Lipinski definition) is 8. The molecule has 1 aromatic heterocycles. The van der Waals surface area contributed by atoms with E-state index in [1.165, 1.54) is 23.9 Å². The van der Waals surface area contributed by atoms with E-state index in [1.807, 2.05) is 39.0 Å². The lowest BCUT2D eigenvalue weighted by Crippen LogP contribution is -2.46. The van der Waals surface area contributed by atoms with Crippen LogP contribution in [0.25, 0.3) is 0 Å². The number of aromatic nitrogens is 2. The highest BCUT2D eigenvalue weighted by Gasteiger charge is 2.39. The number of nitrogens with two attached hydrogens (primary N) is 1. The lowest BCUT2D eigenvalue weighted by molar-refractivity contribution is -0.120. The Hall–Kier alpha value is -3.59. The first-order valence-corrected chi connectivity index (χ1v) is 12.9. The lowest BCUT2D eigenvalue weighted by Gasteiger charge is -2.37. The number of benzene rings is 2. The van der Waals surface area contributed by atoms with Gasteiger partial charge in [-0.15, -0.1) is 18.2 Å². The molecule has 0 fully saturated rings. The summed E-state index contributed by atoms with van der Waals surface area (Å²) in [4.78, 5) is 24.3. The summed E-state index contributed by atoms with van der Waals surface area (Å²) < 4.78 is 22.7. The number of carbonyl (C=O) groups excluding carboxylic acids is 1. The SMILES string of the molecule is C#CCN1C(=O)C(C)(C)Sc2ccc(Nc3nc(Nc4cccc(S(N)(=O)=O)c4)ncc3C)cc21. The predicted molar refractivity (Wildman–Crippen MR) is 139 cm³/mol.